The van der Waals surface area contributed by atoms with Crippen LogP contribution in [0.2, 0.25) is 0 Å². The third-order valence-corrected chi connectivity index (χ3v) is 4.32. The van der Waals surface area contributed by atoms with Gasteiger partial charge >= 0.3 is 0 Å². The number of hydrogen-bond acceptors (Lipinski definition) is 4. The summed E-state index contributed by atoms with van der Waals surface area (Å²) in [5, 5.41) is 1.83. The van der Waals surface area contributed by atoms with E-state index in [1.54, 1.807) is 0 Å². The zero-order valence-electron chi connectivity index (χ0n) is 11.7. The summed E-state index contributed by atoms with van der Waals surface area (Å²) < 4.78 is 5.77. The molecule has 2 N–H and O–H groups in total. The Morgan fingerprint density at radius 1 is 1.24 bits per heavy atom. The summed E-state index contributed by atoms with van der Waals surface area (Å²) >= 11 is 0. The van der Waals surface area contributed by atoms with Crippen molar-refractivity contribution in [3.05, 3.63) is 36.0 Å². The predicted octanol–water partition coefficient (Wildman–Crippen LogP) is 1.82. The summed E-state index contributed by atoms with van der Waals surface area (Å²) in [5.74, 6) is 0.361. The second-order valence-corrected chi connectivity index (χ2v) is 5.78. The number of hydrogen-bond donors (Lipinski definition) is 1. The normalized spacial score (nSPS) is 24.5. The van der Waals surface area contributed by atoms with Crippen LogP contribution in [0.3, 0.4) is 0 Å². The molecule has 2 unspecified atom stereocenters. The molecular weight excluding hydrogens is 266 g/mol. The van der Waals surface area contributed by atoms with Crippen molar-refractivity contribution < 1.29 is 9.53 Å². The van der Waals surface area contributed by atoms with E-state index in [0.717, 1.165) is 23.6 Å². The molecular formula is C16H17N3O2. The van der Waals surface area contributed by atoms with E-state index in [2.05, 4.69) is 4.98 Å². The number of carbonyl (C=O) groups is 1. The summed E-state index contributed by atoms with van der Waals surface area (Å²) in [4.78, 5) is 18.8. The van der Waals surface area contributed by atoms with Crippen LogP contribution in [0.1, 0.15) is 23.3 Å². The first-order valence-corrected chi connectivity index (χ1v) is 7.31. The van der Waals surface area contributed by atoms with Gasteiger partial charge in [-0.15, -0.1) is 0 Å². The van der Waals surface area contributed by atoms with Crippen molar-refractivity contribution in [3.63, 3.8) is 0 Å². The van der Waals surface area contributed by atoms with Gasteiger partial charge in [0.2, 0.25) is 0 Å². The number of ether oxygens (including phenoxy) is 1. The number of nitrogens with two attached hydrogens (primary N) is 1. The zero-order chi connectivity index (χ0) is 14.4. The highest BCUT2D eigenvalue weighted by Crippen LogP contribution is 2.28. The van der Waals surface area contributed by atoms with Crippen molar-refractivity contribution in [2.75, 3.05) is 18.8 Å². The topological polar surface area (TPSA) is 68.5 Å². The summed E-state index contributed by atoms with van der Waals surface area (Å²) in [6.45, 7) is 1.31. The van der Waals surface area contributed by atoms with Gasteiger partial charge in [-0.05, 0) is 24.3 Å². The maximum absolute atomic E-state index is 12.7. The van der Waals surface area contributed by atoms with Crippen LogP contribution >= 0.6 is 0 Å². The molecule has 21 heavy (non-hydrogen) atoms. The molecule has 1 aromatic heterocycles. The number of likely N-dealkylation sites (tertiary alicyclic amines) is 1. The van der Waals surface area contributed by atoms with Crippen molar-refractivity contribution in [3.8, 4) is 0 Å². The Morgan fingerprint density at radius 2 is 1.95 bits per heavy atom. The van der Waals surface area contributed by atoms with E-state index >= 15 is 0 Å². The van der Waals surface area contributed by atoms with Crippen molar-refractivity contribution in [1.82, 2.24) is 9.88 Å². The number of rotatable bonds is 1. The maximum atomic E-state index is 12.7. The smallest absolute Gasteiger partial charge is 0.272 e. The van der Waals surface area contributed by atoms with E-state index < -0.39 is 0 Å². The Hall–Kier alpha value is -2.14. The minimum atomic E-state index is -0.0485. The number of aromatic nitrogens is 1. The van der Waals surface area contributed by atoms with Gasteiger partial charge in [0.05, 0.1) is 12.2 Å². The number of benzene rings is 1. The monoisotopic (exact) mass is 283 g/mol. The number of nitrogens with zero attached hydrogens (tertiary/aromatic N) is 2. The van der Waals surface area contributed by atoms with Gasteiger partial charge in [-0.2, -0.15) is 0 Å². The first-order valence-electron chi connectivity index (χ1n) is 7.31. The van der Waals surface area contributed by atoms with Crippen LogP contribution in [0.25, 0.3) is 10.8 Å². The Labute approximate surface area is 122 Å². The van der Waals surface area contributed by atoms with Crippen LogP contribution in [0.5, 0.6) is 0 Å². The molecule has 2 aliphatic heterocycles. The van der Waals surface area contributed by atoms with Crippen LogP contribution in [-0.2, 0) is 4.74 Å². The highest BCUT2D eigenvalue weighted by atomic mass is 16.5. The van der Waals surface area contributed by atoms with Gasteiger partial charge in [0.15, 0.2) is 0 Å². The second-order valence-electron chi connectivity index (χ2n) is 5.78. The van der Waals surface area contributed by atoms with Crippen LogP contribution < -0.4 is 5.73 Å². The van der Waals surface area contributed by atoms with Gasteiger partial charge in [0.25, 0.3) is 5.91 Å². The van der Waals surface area contributed by atoms with Gasteiger partial charge in [0.1, 0.15) is 11.5 Å². The Bertz CT molecular complexity index is 704. The number of carbonyl (C=O) groups excluding carboxylic acids is 1. The molecule has 1 aromatic carbocycles. The number of morpholine rings is 1. The number of fused-ring (bicyclic) bond motifs is 3. The lowest BCUT2D eigenvalue weighted by atomic mass is 10.1. The number of pyridine rings is 1. The van der Waals surface area contributed by atoms with Crippen LogP contribution in [0.4, 0.5) is 5.82 Å². The van der Waals surface area contributed by atoms with E-state index in [1.165, 1.54) is 0 Å². The minimum Gasteiger partial charge on any atom is -0.383 e. The van der Waals surface area contributed by atoms with Gasteiger partial charge in [-0.3, -0.25) is 4.79 Å². The Balaban J connectivity index is 1.68. The van der Waals surface area contributed by atoms with E-state index in [0.29, 0.717) is 24.6 Å². The fourth-order valence-electron chi connectivity index (χ4n) is 3.28. The van der Waals surface area contributed by atoms with Crippen LogP contribution in [0.15, 0.2) is 30.3 Å². The van der Waals surface area contributed by atoms with E-state index in [-0.39, 0.29) is 18.1 Å². The molecule has 2 fully saturated rings. The minimum absolute atomic E-state index is 0.0485. The lowest BCUT2D eigenvalue weighted by Crippen LogP contribution is -2.46. The SMILES string of the molecule is Nc1nc(C(=O)N2CC3CCC(C2)O3)cc2ccccc12. The van der Waals surface area contributed by atoms with E-state index in [1.807, 2.05) is 35.2 Å². The molecule has 108 valence electrons. The first-order chi connectivity index (χ1) is 10.2. The largest absolute Gasteiger partial charge is 0.383 e. The Kier molecular flexibility index (Phi) is 2.82. The standard InChI is InChI=1S/C16H17N3O2/c17-15-13-4-2-1-3-10(13)7-14(18-15)16(20)19-8-11-5-6-12(9-19)21-11/h1-4,7,11-12H,5-6,8-9H2,(H2,17,18). The van der Waals surface area contributed by atoms with Crippen LogP contribution in [-0.4, -0.2) is 41.1 Å². The Morgan fingerprint density at radius 3 is 2.71 bits per heavy atom. The van der Waals surface area contributed by atoms with Gasteiger partial charge in [0, 0.05) is 18.5 Å². The van der Waals surface area contributed by atoms with E-state index in [4.69, 9.17) is 10.5 Å². The molecule has 2 aliphatic rings. The molecule has 2 saturated heterocycles. The van der Waals surface area contributed by atoms with Crippen LogP contribution in [0, 0.1) is 0 Å². The number of anilines is 1. The third kappa shape index (κ3) is 2.14. The molecule has 5 heteroatoms. The lowest BCUT2D eigenvalue weighted by Gasteiger charge is -2.32. The van der Waals surface area contributed by atoms with Crippen molar-refractivity contribution in [1.29, 1.82) is 0 Å². The molecule has 0 aliphatic carbocycles. The average molecular weight is 283 g/mol. The molecule has 4 rings (SSSR count). The van der Waals surface area contributed by atoms with Crippen molar-refractivity contribution in [2.45, 2.75) is 25.0 Å². The molecule has 0 saturated carbocycles. The van der Waals surface area contributed by atoms with Gasteiger partial charge in [-0.25, -0.2) is 4.98 Å². The summed E-state index contributed by atoms with van der Waals surface area (Å²) in [5.41, 5.74) is 6.41. The quantitative estimate of drug-likeness (QED) is 0.866. The summed E-state index contributed by atoms with van der Waals surface area (Å²) in [6, 6.07) is 9.55. The number of nitrogen functional groups attached to an aromatic ring is 1. The molecule has 2 bridgehead atoms. The van der Waals surface area contributed by atoms with E-state index in [9.17, 15) is 4.79 Å². The van der Waals surface area contributed by atoms with Gasteiger partial charge < -0.3 is 15.4 Å². The molecule has 0 spiro atoms. The highest BCUT2D eigenvalue weighted by molar-refractivity contribution is 5.99. The lowest BCUT2D eigenvalue weighted by molar-refractivity contribution is -0.0305. The molecule has 2 atom stereocenters. The fourth-order valence-corrected chi connectivity index (χ4v) is 3.28. The average Bonchev–Trinajstić information content (AvgIpc) is 2.85. The van der Waals surface area contributed by atoms with Crippen molar-refractivity contribution >= 4 is 22.5 Å². The molecule has 1 amide bonds. The predicted molar refractivity (Wildman–Crippen MR) is 80.0 cm³/mol. The zero-order valence-corrected chi connectivity index (χ0v) is 11.7. The molecule has 3 heterocycles. The third-order valence-electron chi connectivity index (χ3n) is 4.32. The summed E-state index contributed by atoms with van der Waals surface area (Å²) in [6.07, 6.45) is 2.46. The first kappa shape index (κ1) is 12.6. The van der Waals surface area contributed by atoms with Crippen molar-refractivity contribution in [2.24, 2.45) is 0 Å². The number of amides is 1. The maximum Gasteiger partial charge on any atom is 0.272 e. The fraction of sp³-hybridized carbons (Fsp3) is 0.375. The molecule has 5 nitrogen and oxygen atoms in total. The molecule has 2 aromatic rings. The second kappa shape index (κ2) is 4.70. The summed E-state index contributed by atoms with van der Waals surface area (Å²) in [7, 11) is 0. The highest BCUT2D eigenvalue weighted by Gasteiger charge is 2.36. The molecule has 0 radical (unpaired) electrons. The van der Waals surface area contributed by atoms with Gasteiger partial charge in [-0.1, -0.05) is 24.3 Å².